The Labute approximate surface area is 215 Å². The maximum atomic E-state index is 12.6. The summed E-state index contributed by atoms with van der Waals surface area (Å²) in [6.45, 7) is 9.49. The summed E-state index contributed by atoms with van der Waals surface area (Å²) in [5, 5.41) is 14.1. The topological polar surface area (TPSA) is 94.1 Å². The highest BCUT2D eigenvalue weighted by atomic mass is 16.5. The van der Waals surface area contributed by atoms with Crippen molar-refractivity contribution in [1.82, 2.24) is 5.32 Å². The molecule has 7 heteroatoms. The van der Waals surface area contributed by atoms with Crippen molar-refractivity contribution in [1.29, 1.82) is 0 Å². The lowest BCUT2D eigenvalue weighted by Gasteiger charge is -2.20. The number of unbranched alkanes of at least 4 members (excludes halogenated alkanes) is 2. The van der Waals surface area contributed by atoms with Crippen molar-refractivity contribution in [2.75, 3.05) is 26.4 Å². The molecule has 0 bridgehead atoms. The Morgan fingerprint density at radius 3 is 2.06 bits per heavy atom. The molecule has 0 aliphatic carbocycles. The van der Waals surface area contributed by atoms with E-state index in [4.69, 9.17) is 14.2 Å². The van der Waals surface area contributed by atoms with Crippen LogP contribution in [0, 0.1) is 0 Å². The van der Waals surface area contributed by atoms with Crippen LogP contribution < -0.4 is 10.1 Å². The van der Waals surface area contributed by atoms with Gasteiger partial charge < -0.3 is 24.6 Å². The lowest BCUT2D eigenvalue weighted by Crippen LogP contribution is -2.32. The zero-order valence-electron chi connectivity index (χ0n) is 22.0. The smallest absolute Gasteiger partial charge is 0.338 e. The molecule has 2 N–H and O–H groups in total. The number of benzene rings is 2. The molecule has 2 aromatic rings. The highest BCUT2D eigenvalue weighted by Crippen LogP contribution is 2.25. The van der Waals surface area contributed by atoms with Crippen LogP contribution in [-0.4, -0.2) is 49.5 Å². The van der Waals surface area contributed by atoms with Crippen LogP contribution in [0.25, 0.3) is 0 Å². The fourth-order valence-electron chi connectivity index (χ4n) is 3.72. The van der Waals surface area contributed by atoms with Crippen LogP contribution in [-0.2, 0) is 15.9 Å². The van der Waals surface area contributed by atoms with E-state index in [2.05, 4.69) is 5.32 Å². The number of aliphatic hydroxyl groups excluding tert-OH is 1. The zero-order chi connectivity index (χ0) is 26.3. The quantitative estimate of drug-likeness (QED) is 0.241. The first-order valence-electron chi connectivity index (χ1n) is 13.0. The molecule has 0 heterocycles. The van der Waals surface area contributed by atoms with E-state index >= 15 is 0 Å². The van der Waals surface area contributed by atoms with Gasteiger partial charge in [-0.25, -0.2) is 9.59 Å². The second-order valence-corrected chi connectivity index (χ2v) is 8.90. The molecule has 0 amide bonds. The van der Waals surface area contributed by atoms with Crippen molar-refractivity contribution in [3.8, 4) is 5.75 Å². The second kappa shape index (κ2) is 16.0. The number of carbonyl (C=O) groups excluding carboxylic acids is 2. The number of ether oxygens (including phenoxy) is 3. The minimum absolute atomic E-state index is 0.0331. The van der Waals surface area contributed by atoms with Gasteiger partial charge in [-0.2, -0.15) is 0 Å². The van der Waals surface area contributed by atoms with Gasteiger partial charge in [-0.05, 0) is 62.9 Å². The Hall–Kier alpha value is -2.90. The van der Waals surface area contributed by atoms with Crippen LogP contribution in [0.2, 0.25) is 0 Å². The molecule has 0 aliphatic heterocycles. The Balaban J connectivity index is 2.10. The predicted octanol–water partition coefficient (Wildman–Crippen LogP) is 5.25. The number of hydrogen-bond acceptors (Lipinski definition) is 7. The predicted molar refractivity (Wildman–Crippen MR) is 141 cm³/mol. The third-order valence-electron chi connectivity index (χ3n) is 5.71. The minimum atomic E-state index is -0.737. The first-order valence-corrected chi connectivity index (χ1v) is 13.0. The third kappa shape index (κ3) is 9.63. The molecule has 2 aromatic carbocycles. The summed E-state index contributed by atoms with van der Waals surface area (Å²) in [5.41, 5.74) is 2.22. The van der Waals surface area contributed by atoms with Crippen molar-refractivity contribution in [2.45, 2.75) is 71.9 Å². The summed E-state index contributed by atoms with van der Waals surface area (Å²) in [6.07, 6.45) is 3.23. The highest BCUT2D eigenvalue weighted by molar-refractivity contribution is 5.95. The van der Waals surface area contributed by atoms with Gasteiger partial charge in [0.1, 0.15) is 5.75 Å². The molecule has 7 nitrogen and oxygen atoms in total. The first kappa shape index (κ1) is 29.3. The van der Waals surface area contributed by atoms with Gasteiger partial charge in [-0.1, -0.05) is 44.9 Å². The lowest BCUT2D eigenvalue weighted by molar-refractivity contribution is 0.0498. The molecule has 2 unspecified atom stereocenters. The van der Waals surface area contributed by atoms with E-state index in [1.54, 1.807) is 18.2 Å². The lowest BCUT2D eigenvalue weighted by atomic mass is 10.00. The summed E-state index contributed by atoms with van der Waals surface area (Å²) < 4.78 is 16.4. The van der Waals surface area contributed by atoms with E-state index in [0.717, 1.165) is 36.8 Å². The van der Waals surface area contributed by atoms with E-state index < -0.39 is 18.0 Å². The van der Waals surface area contributed by atoms with Gasteiger partial charge in [-0.3, -0.25) is 0 Å². The zero-order valence-corrected chi connectivity index (χ0v) is 22.0. The largest absolute Gasteiger partial charge is 0.493 e. The molecule has 0 aliphatic rings. The van der Waals surface area contributed by atoms with Gasteiger partial charge in [-0.15, -0.1) is 0 Å². The Kier molecular flexibility index (Phi) is 13.0. The van der Waals surface area contributed by atoms with E-state index in [0.29, 0.717) is 49.7 Å². The number of rotatable bonds is 16. The van der Waals surface area contributed by atoms with Crippen molar-refractivity contribution >= 4 is 11.9 Å². The third-order valence-corrected chi connectivity index (χ3v) is 5.71. The van der Waals surface area contributed by atoms with Crippen molar-refractivity contribution in [3.05, 3.63) is 64.7 Å². The maximum Gasteiger partial charge on any atom is 0.338 e. The number of para-hydroxylation sites is 1. The molecular formula is C29H41NO6. The molecular weight excluding hydrogens is 458 g/mol. The van der Waals surface area contributed by atoms with Gasteiger partial charge in [0.05, 0.1) is 37.1 Å². The molecule has 0 aromatic heterocycles. The van der Waals surface area contributed by atoms with Gasteiger partial charge in [0.2, 0.25) is 0 Å². The number of hydrogen-bond donors (Lipinski definition) is 2. The van der Waals surface area contributed by atoms with Crippen LogP contribution in [0.3, 0.4) is 0 Å². The summed E-state index contributed by atoms with van der Waals surface area (Å²) in [6, 6.07) is 12.5. The molecule has 36 heavy (non-hydrogen) atoms. The SMILES string of the molecule is CCCCOC(=O)c1cc(CC(C)NCC(O)c2ccccc2OCC)cc(C(=O)OCCCC)c1. The fourth-order valence-corrected chi connectivity index (χ4v) is 3.72. The molecule has 0 radical (unpaired) electrons. The van der Waals surface area contributed by atoms with Crippen LogP contribution in [0.4, 0.5) is 0 Å². The molecule has 0 spiro atoms. The normalized spacial score (nSPS) is 12.6. The summed E-state index contributed by atoms with van der Waals surface area (Å²) >= 11 is 0. The number of carbonyl (C=O) groups is 2. The molecule has 0 saturated heterocycles. The number of esters is 2. The second-order valence-electron chi connectivity index (χ2n) is 8.90. The Morgan fingerprint density at radius 2 is 1.50 bits per heavy atom. The van der Waals surface area contributed by atoms with Gasteiger partial charge >= 0.3 is 11.9 Å². The average molecular weight is 500 g/mol. The van der Waals surface area contributed by atoms with E-state index in [1.165, 1.54) is 0 Å². The molecule has 2 atom stereocenters. The van der Waals surface area contributed by atoms with Crippen LogP contribution >= 0.6 is 0 Å². The van der Waals surface area contributed by atoms with E-state index in [1.807, 2.05) is 52.0 Å². The minimum Gasteiger partial charge on any atom is -0.493 e. The highest BCUT2D eigenvalue weighted by Gasteiger charge is 2.18. The van der Waals surface area contributed by atoms with Gasteiger partial charge in [0.15, 0.2) is 0 Å². The van der Waals surface area contributed by atoms with Gasteiger partial charge in [0.25, 0.3) is 0 Å². The summed E-state index contributed by atoms with van der Waals surface area (Å²) in [4.78, 5) is 25.2. The van der Waals surface area contributed by atoms with E-state index in [9.17, 15) is 14.7 Å². The fraction of sp³-hybridized carbons (Fsp3) is 0.517. The van der Waals surface area contributed by atoms with Crippen LogP contribution in [0.1, 0.15) is 91.3 Å². The van der Waals surface area contributed by atoms with Crippen LogP contribution in [0.5, 0.6) is 5.75 Å². The maximum absolute atomic E-state index is 12.6. The van der Waals surface area contributed by atoms with Crippen molar-refractivity contribution < 1.29 is 28.9 Å². The average Bonchev–Trinajstić information content (AvgIpc) is 2.87. The Bertz CT molecular complexity index is 920. The number of nitrogens with one attached hydrogen (secondary N) is 1. The first-order chi connectivity index (χ1) is 17.4. The summed E-state index contributed by atoms with van der Waals surface area (Å²) in [7, 11) is 0. The van der Waals surface area contributed by atoms with Gasteiger partial charge in [0, 0.05) is 18.2 Å². The van der Waals surface area contributed by atoms with E-state index in [-0.39, 0.29) is 6.04 Å². The van der Waals surface area contributed by atoms with Crippen LogP contribution in [0.15, 0.2) is 42.5 Å². The van der Waals surface area contributed by atoms with Crippen molar-refractivity contribution in [3.63, 3.8) is 0 Å². The monoisotopic (exact) mass is 499 g/mol. The number of aliphatic hydroxyl groups is 1. The summed E-state index contributed by atoms with van der Waals surface area (Å²) in [5.74, 6) is -0.226. The standard InChI is InChI=1S/C29H41NO6/c1-5-8-14-35-28(32)23-17-22(18-24(19-23)29(33)36-15-9-6-2)16-21(4)30-20-26(31)25-12-10-11-13-27(25)34-7-3/h10-13,17-19,21,26,30-31H,5-9,14-16,20H2,1-4H3. The molecule has 198 valence electrons. The molecule has 0 saturated carbocycles. The Morgan fingerprint density at radius 1 is 0.917 bits per heavy atom. The van der Waals surface area contributed by atoms with Crippen molar-refractivity contribution in [2.24, 2.45) is 0 Å². The molecule has 0 fully saturated rings. The molecule has 2 rings (SSSR count).